The van der Waals surface area contributed by atoms with Crippen molar-refractivity contribution in [2.75, 3.05) is 6.61 Å². The van der Waals surface area contributed by atoms with Crippen LogP contribution in [0.4, 0.5) is 0 Å². The zero-order valence-corrected chi connectivity index (χ0v) is 23.6. The molecule has 2 aliphatic rings. The van der Waals surface area contributed by atoms with Gasteiger partial charge in [-0.25, -0.2) is 9.59 Å². The molecule has 2 fully saturated rings. The Morgan fingerprint density at radius 2 is 1.51 bits per heavy atom. The number of benzene rings is 2. The highest BCUT2D eigenvalue weighted by Gasteiger charge is 2.37. The molecule has 2 aromatic carbocycles. The number of rotatable bonds is 9. The maximum absolute atomic E-state index is 13.6. The van der Waals surface area contributed by atoms with Crippen LogP contribution in [-0.4, -0.2) is 36.0 Å². The molecule has 210 valence electrons. The SMILES string of the molecule is CC(C)(C)OC(=O)COc1cccc(-c2ccccc2C(=O)OC(C(=O)C2CCCCC2)C2CCCCC2)c1. The Balaban J connectivity index is 1.52. The van der Waals surface area contributed by atoms with Crippen LogP contribution in [0.15, 0.2) is 48.5 Å². The molecule has 6 heteroatoms. The Kier molecular flexibility index (Phi) is 9.82. The van der Waals surface area contributed by atoms with Gasteiger partial charge in [0.1, 0.15) is 11.4 Å². The quantitative estimate of drug-likeness (QED) is 0.313. The molecular weight excluding hydrogens is 492 g/mol. The van der Waals surface area contributed by atoms with Crippen molar-refractivity contribution in [2.45, 2.75) is 96.7 Å². The molecule has 0 amide bonds. The Labute approximate surface area is 232 Å². The van der Waals surface area contributed by atoms with Crippen molar-refractivity contribution in [3.63, 3.8) is 0 Å². The van der Waals surface area contributed by atoms with E-state index in [-0.39, 0.29) is 24.2 Å². The van der Waals surface area contributed by atoms with Gasteiger partial charge < -0.3 is 14.2 Å². The fourth-order valence-corrected chi connectivity index (χ4v) is 5.80. The zero-order valence-electron chi connectivity index (χ0n) is 23.6. The monoisotopic (exact) mass is 534 g/mol. The summed E-state index contributed by atoms with van der Waals surface area (Å²) in [6, 6.07) is 14.5. The molecule has 0 heterocycles. The van der Waals surface area contributed by atoms with Crippen molar-refractivity contribution >= 4 is 17.7 Å². The van der Waals surface area contributed by atoms with Gasteiger partial charge in [-0.3, -0.25) is 4.79 Å². The normalized spacial score (nSPS) is 17.7. The molecule has 1 atom stereocenters. The van der Waals surface area contributed by atoms with Crippen molar-refractivity contribution in [3.8, 4) is 16.9 Å². The lowest BCUT2D eigenvalue weighted by Gasteiger charge is -2.32. The summed E-state index contributed by atoms with van der Waals surface area (Å²) in [6.07, 6.45) is 9.58. The molecule has 39 heavy (non-hydrogen) atoms. The highest BCUT2D eigenvalue weighted by Crippen LogP contribution is 2.35. The highest BCUT2D eigenvalue weighted by atomic mass is 16.6. The lowest BCUT2D eigenvalue weighted by atomic mass is 9.77. The number of carbonyl (C=O) groups excluding carboxylic acids is 3. The molecule has 1 unspecified atom stereocenters. The lowest BCUT2D eigenvalue weighted by molar-refractivity contribution is -0.157. The van der Waals surface area contributed by atoms with E-state index >= 15 is 0 Å². The van der Waals surface area contributed by atoms with Crippen LogP contribution in [0.3, 0.4) is 0 Å². The van der Waals surface area contributed by atoms with Gasteiger partial charge in [0.15, 0.2) is 18.5 Å². The number of carbonyl (C=O) groups is 3. The van der Waals surface area contributed by atoms with Crippen LogP contribution in [0.25, 0.3) is 11.1 Å². The third-order valence-corrected chi connectivity index (χ3v) is 7.67. The fourth-order valence-electron chi connectivity index (χ4n) is 5.80. The van der Waals surface area contributed by atoms with Crippen LogP contribution in [0.2, 0.25) is 0 Å². The van der Waals surface area contributed by atoms with E-state index in [1.54, 1.807) is 18.2 Å². The average Bonchev–Trinajstić information content (AvgIpc) is 2.94. The maximum Gasteiger partial charge on any atom is 0.344 e. The third kappa shape index (κ3) is 8.17. The number of Topliss-reactive ketones (excluding diaryl/α,β-unsaturated/α-hetero) is 1. The van der Waals surface area contributed by atoms with E-state index in [0.29, 0.717) is 16.9 Å². The second-order valence-electron chi connectivity index (χ2n) is 11.9. The van der Waals surface area contributed by atoms with Crippen LogP contribution in [0, 0.1) is 11.8 Å². The summed E-state index contributed by atoms with van der Waals surface area (Å²) in [6.45, 7) is 5.21. The van der Waals surface area contributed by atoms with Gasteiger partial charge in [-0.15, -0.1) is 0 Å². The van der Waals surface area contributed by atoms with Crippen LogP contribution in [-0.2, 0) is 19.1 Å². The van der Waals surface area contributed by atoms with E-state index in [1.807, 2.05) is 51.1 Å². The van der Waals surface area contributed by atoms with E-state index in [0.717, 1.165) is 56.9 Å². The summed E-state index contributed by atoms with van der Waals surface area (Å²) in [4.78, 5) is 39.4. The zero-order chi connectivity index (χ0) is 27.8. The Morgan fingerprint density at radius 1 is 0.846 bits per heavy atom. The smallest absolute Gasteiger partial charge is 0.344 e. The molecule has 2 aromatic rings. The van der Waals surface area contributed by atoms with Gasteiger partial charge in [-0.05, 0) is 75.8 Å². The first-order valence-corrected chi connectivity index (χ1v) is 14.5. The summed E-state index contributed by atoms with van der Waals surface area (Å²) < 4.78 is 17.1. The van der Waals surface area contributed by atoms with E-state index in [1.165, 1.54) is 12.8 Å². The minimum Gasteiger partial charge on any atom is -0.482 e. The molecule has 0 radical (unpaired) electrons. The topological polar surface area (TPSA) is 78.9 Å². The Bertz CT molecular complexity index is 1130. The van der Waals surface area contributed by atoms with Crippen molar-refractivity contribution in [1.29, 1.82) is 0 Å². The van der Waals surface area contributed by atoms with Crippen molar-refractivity contribution in [2.24, 2.45) is 11.8 Å². The van der Waals surface area contributed by atoms with Gasteiger partial charge in [0.2, 0.25) is 0 Å². The van der Waals surface area contributed by atoms with Gasteiger partial charge >= 0.3 is 11.9 Å². The number of hydrogen-bond donors (Lipinski definition) is 0. The van der Waals surface area contributed by atoms with Crippen LogP contribution in [0.1, 0.15) is 95.3 Å². The van der Waals surface area contributed by atoms with E-state index in [2.05, 4.69) is 0 Å². The number of esters is 2. The molecule has 6 nitrogen and oxygen atoms in total. The molecule has 0 saturated heterocycles. The fraction of sp³-hybridized carbons (Fsp3) is 0.545. The van der Waals surface area contributed by atoms with Gasteiger partial charge in [0, 0.05) is 11.8 Å². The first-order valence-electron chi connectivity index (χ1n) is 14.5. The maximum atomic E-state index is 13.6. The molecule has 0 bridgehead atoms. The van der Waals surface area contributed by atoms with Crippen LogP contribution < -0.4 is 4.74 Å². The predicted octanol–water partition coefficient (Wildman–Crippen LogP) is 7.33. The van der Waals surface area contributed by atoms with E-state index in [4.69, 9.17) is 14.2 Å². The summed E-state index contributed by atoms with van der Waals surface area (Å²) in [5.74, 6) is -0.223. The standard InChI is InChI=1S/C33H42O6/c1-33(2,3)39-29(34)22-37-26-18-12-17-25(21-26)27-19-10-11-20-28(27)32(36)38-31(24-15-8-5-9-16-24)30(35)23-13-6-4-7-14-23/h10-12,17-21,23-24,31H,4-9,13-16,22H2,1-3H3. The predicted molar refractivity (Wildman–Crippen MR) is 151 cm³/mol. The summed E-state index contributed by atoms with van der Waals surface area (Å²) in [7, 11) is 0. The number of ketones is 1. The van der Waals surface area contributed by atoms with Crippen molar-refractivity contribution < 1.29 is 28.6 Å². The molecular formula is C33H42O6. The Morgan fingerprint density at radius 3 is 2.21 bits per heavy atom. The van der Waals surface area contributed by atoms with Gasteiger partial charge in [-0.1, -0.05) is 68.9 Å². The minimum absolute atomic E-state index is 0.00692. The van der Waals surface area contributed by atoms with Crippen molar-refractivity contribution in [1.82, 2.24) is 0 Å². The largest absolute Gasteiger partial charge is 0.482 e. The molecule has 0 aromatic heterocycles. The molecule has 4 rings (SSSR count). The molecule has 0 spiro atoms. The van der Waals surface area contributed by atoms with E-state index in [9.17, 15) is 14.4 Å². The molecule has 0 aliphatic heterocycles. The highest BCUT2D eigenvalue weighted by molar-refractivity contribution is 5.99. The third-order valence-electron chi connectivity index (χ3n) is 7.67. The molecule has 0 N–H and O–H groups in total. The summed E-state index contributed by atoms with van der Waals surface area (Å²) in [5, 5.41) is 0. The Hall–Kier alpha value is -3.15. The van der Waals surface area contributed by atoms with Crippen LogP contribution in [0.5, 0.6) is 5.75 Å². The van der Waals surface area contributed by atoms with E-state index < -0.39 is 23.6 Å². The minimum atomic E-state index is -0.683. The van der Waals surface area contributed by atoms with Gasteiger partial charge in [-0.2, -0.15) is 0 Å². The van der Waals surface area contributed by atoms with Gasteiger partial charge in [0.05, 0.1) is 5.56 Å². The first-order chi connectivity index (χ1) is 18.7. The average molecular weight is 535 g/mol. The summed E-state index contributed by atoms with van der Waals surface area (Å²) >= 11 is 0. The second-order valence-corrected chi connectivity index (χ2v) is 11.9. The lowest BCUT2D eigenvalue weighted by Crippen LogP contribution is -2.40. The molecule has 2 saturated carbocycles. The number of hydrogen-bond acceptors (Lipinski definition) is 6. The second kappa shape index (κ2) is 13.3. The molecule has 2 aliphatic carbocycles. The van der Waals surface area contributed by atoms with Crippen molar-refractivity contribution in [3.05, 3.63) is 54.1 Å². The summed E-state index contributed by atoms with van der Waals surface area (Å²) in [5.41, 5.74) is 1.28. The first kappa shape index (κ1) is 28.8. The number of ether oxygens (including phenoxy) is 3. The van der Waals surface area contributed by atoms with Gasteiger partial charge in [0.25, 0.3) is 0 Å². The van der Waals surface area contributed by atoms with Crippen LogP contribution >= 0.6 is 0 Å².